The first kappa shape index (κ1) is 18.8. The van der Waals surface area contributed by atoms with Crippen LogP contribution < -0.4 is 0 Å². The van der Waals surface area contributed by atoms with E-state index in [0.29, 0.717) is 25.9 Å². The Kier molecular flexibility index (Phi) is 5.29. The van der Waals surface area contributed by atoms with E-state index in [4.69, 9.17) is 0 Å². The van der Waals surface area contributed by atoms with Crippen LogP contribution in [0.4, 0.5) is 4.39 Å². The molecule has 9 heteroatoms. The fourth-order valence-corrected chi connectivity index (χ4v) is 5.16. The van der Waals surface area contributed by atoms with Crippen molar-refractivity contribution >= 4 is 21.9 Å². The second-order valence-corrected chi connectivity index (χ2v) is 8.50. The summed E-state index contributed by atoms with van der Waals surface area (Å²) in [5.74, 6) is -2.58. The summed E-state index contributed by atoms with van der Waals surface area (Å²) in [6.07, 6.45) is 3.14. The summed E-state index contributed by atoms with van der Waals surface area (Å²) in [7, 11) is -4.15. The summed E-state index contributed by atoms with van der Waals surface area (Å²) in [5.41, 5.74) is -0.167. The maximum Gasteiger partial charge on any atom is 0.322 e. The number of likely N-dealkylation sites (tertiary alicyclic amines) is 1. The van der Waals surface area contributed by atoms with E-state index in [2.05, 4.69) is 0 Å². The minimum Gasteiger partial charge on any atom is -0.480 e. The lowest BCUT2D eigenvalue weighted by Gasteiger charge is -2.31. The molecule has 26 heavy (non-hydrogen) atoms. The highest BCUT2D eigenvalue weighted by Crippen LogP contribution is 2.27. The van der Waals surface area contributed by atoms with Crippen LogP contribution in [0.25, 0.3) is 0 Å². The second-order valence-electron chi connectivity index (χ2n) is 6.61. The number of aliphatic carboxylic acids is 1. The van der Waals surface area contributed by atoms with Gasteiger partial charge in [0.15, 0.2) is 0 Å². The van der Waals surface area contributed by atoms with Gasteiger partial charge in [0.1, 0.15) is 11.9 Å². The number of carboxylic acids is 1. The lowest BCUT2D eigenvalue weighted by Crippen LogP contribution is -2.47. The molecule has 2 fully saturated rings. The minimum atomic E-state index is -4.15. The van der Waals surface area contributed by atoms with Crippen molar-refractivity contribution in [3.05, 3.63) is 29.6 Å². The van der Waals surface area contributed by atoms with Gasteiger partial charge in [-0.2, -0.15) is 4.31 Å². The van der Waals surface area contributed by atoms with Gasteiger partial charge in [0.25, 0.3) is 5.91 Å². The fraction of sp³-hybridized carbons (Fsp3) is 0.529. The van der Waals surface area contributed by atoms with Crippen LogP contribution in [0.15, 0.2) is 23.1 Å². The molecule has 1 unspecified atom stereocenters. The molecule has 0 radical (unpaired) electrons. The van der Waals surface area contributed by atoms with Gasteiger partial charge in [0, 0.05) is 19.6 Å². The third-order valence-electron chi connectivity index (χ3n) is 4.91. The molecule has 2 aliphatic rings. The summed E-state index contributed by atoms with van der Waals surface area (Å²) < 4.78 is 41.0. The number of nitrogens with zero attached hydrogens (tertiary/aromatic N) is 2. The summed E-state index contributed by atoms with van der Waals surface area (Å²) in [4.78, 5) is 24.9. The van der Waals surface area contributed by atoms with Gasteiger partial charge in [-0.1, -0.05) is 0 Å². The van der Waals surface area contributed by atoms with Gasteiger partial charge in [0.2, 0.25) is 10.0 Å². The van der Waals surface area contributed by atoms with Crippen LogP contribution in [-0.2, 0) is 14.8 Å². The molecule has 1 aromatic rings. The molecule has 0 aliphatic carbocycles. The maximum absolute atomic E-state index is 14.5. The molecule has 1 N–H and O–H groups in total. The van der Waals surface area contributed by atoms with E-state index >= 15 is 0 Å². The largest absolute Gasteiger partial charge is 0.480 e. The van der Waals surface area contributed by atoms with Gasteiger partial charge in [-0.05, 0) is 50.3 Å². The molecule has 0 bridgehead atoms. The summed E-state index contributed by atoms with van der Waals surface area (Å²) in [6.45, 7) is 1.20. The average Bonchev–Trinajstić information content (AvgIpc) is 3.15. The predicted octanol–water partition coefficient (Wildman–Crippen LogP) is 1.69. The number of carbonyl (C=O) groups excluding carboxylic acids is 1. The number of benzene rings is 1. The van der Waals surface area contributed by atoms with Crippen LogP contribution in [0.1, 0.15) is 42.5 Å². The molecular formula is C17H21FN2O5S. The highest BCUT2D eigenvalue weighted by atomic mass is 32.2. The van der Waals surface area contributed by atoms with Crippen molar-refractivity contribution in [1.29, 1.82) is 0 Å². The topological polar surface area (TPSA) is 95.0 Å². The van der Waals surface area contributed by atoms with E-state index in [1.54, 1.807) is 0 Å². The van der Waals surface area contributed by atoms with E-state index in [1.165, 1.54) is 17.0 Å². The Labute approximate surface area is 151 Å². The molecular weight excluding hydrogens is 363 g/mol. The summed E-state index contributed by atoms with van der Waals surface area (Å²) in [5, 5.41) is 9.28. The monoisotopic (exact) mass is 384 g/mol. The Hall–Kier alpha value is -2.00. The van der Waals surface area contributed by atoms with Crippen molar-refractivity contribution in [2.75, 3.05) is 19.6 Å². The van der Waals surface area contributed by atoms with Gasteiger partial charge in [-0.15, -0.1) is 0 Å². The number of sulfonamides is 1. The first-order chi connectivity index (χ1) is 12.3. The van der Waals surface area contributed by atoms with Gasteiger partial charge in [-0.3, -0.25) is 9.59 Å². The third kappa shape index (κ3) is 3.45. The Morgan fingerprint density at radius 2 is 1.73 bits per heavy atom. The quantitative estimate of drug-likeness (QED) is 0.852. The summed E-state index contributed by atoms with van der Waals surface area (Å²) in [6, 6.07) is 2.01. The number of piperidine rings is 1. The van der Waals surface area contributed by atoms with Crippen molar-refractivity contribution < 1.29 is 27.5 Å². The van der Waals surface area contributed by atoms with Crippen LogP contribution in [0.3, 0.4) is 0 Å². The Morgan fingerprint density at radius 1 is 1.08 bits per heavy atom. The Morgan fingerprint density at radius 3 is 2.35 bits per heavy atom. The number of hydrogen-bond donors (Lipinski definition) is 1. The van der Waals surface area contributed by atoms with Crippen molar-refractivity contribution in [3.63, 3.8) is 0 Å². The smallest absolute Gasteiger partial charge is 0.322 e. The van der Waals surface area contributed by atoms with Crippen molar-refractivity contribution in [1.82, 2.24) is 9.21 Å². The molecule has 0 spiro atoms. The molecule has 2 aliphatic heterocycles. The molecule has 0 aromatic heterocycles. The molecule has 2 saturated heterocycles. The standard InChI is InChI=1S/C17H21FN2O5S/c18-14-11-12(6-7-13(14)16(21)19-8-3-4-9-19)26(24,25)20-10-2-1-5-15(20)17(22)23/h6-7,11,15H,1-5,8-10H2,(H,22,23). The van der Waals surface area contributed by atoms with E-state index in [9.17, 15) is 27.5 Å². The van der Waals surface area contributed by atoms with E-state index < -0.39 is 33.8 Å². The van der Waals surface area contributed by atoms with Gasteiger partial charge in [-0.25, -0.2) is 12.8 Å². The Bertz CT molecular complexity index is 820. The highest BCUT2D eigenvalue weighted by molar-refractivity contribution is 7.89. The lowest BCUT2D eigenvalue weighted by atomic mass is 10.1. The van der Waals surface area contributed by atoms with Crippen LogP contribution in [-0.4, -0.2) is 60.3 Å². The zero-order valence-corrected chi connectivity index (χ0v) is 15.0. The average molecular weight is 384 g/mol. The molecule has 1 amide bonds. The van der Waals surface area contributed by atoms with E-state index in [-0.39, 0.29) is 23.4 Å². The predicted molar refractivity (Wildman–Crippen MR) is 90.7 cm³/mol. The SMILES string of the molecule is O=C(O)C1CCCCN1S(=O)(=O)c1ccc(C(=O)N2CCCC2)c(F)c1. The molecule has 142 valence electrons. The lowest BCUT2D eigenvalue weighted by molar-refractivity contribution is -0.142. The van der Waals surface area contributed by atoms with Crippen LogP contribution in [0.5, 0.6) is 0 Å². The van der Waals surface area contributed by atoms with Gasteiger partial charge >= 0.3 is 5.97 Å². The zero-order chi connectivity index (χ0) is 18.9. The third-order valence-corrected chi connectivity index (χ3v) is 6.81. The first-order valence-corrected chi connectivity index (χ1v) is 10.1. The second kappa shape index (κ2) is 7.32. The fourth-order valence-electron chi connectivity index (χ4n) is 3.50. The van der Waals surface area contributed by atoms with E-state index in [1.807, 2.05) is 0 Å². The van der Waals surface area contributed by atoms with Gasteiger partial charge in [0.05, 0.1) is 10.5 Å². The first-order valence-electron chi connectivity index (χ1n) is 8.66. The van der Waals surface area contributed by atoms with Crippen molar-refractivity contribution in [2.45, 2.75) is 43.0 Å². The number of halogens is 1. The molecule has 2 heterocycles. The van der Waals surface area contributed by atoms with Crippen LogP contribution in [0, 0.1) is 5.82 Å². The van der Waals surface area contributed by atoms with Crippen LogP contribution in [0.2, 0.25) is 0 Å². The van der Waals surface area contributed by atoms with E-state index in [0.717, 1.165) is 23.2 Å². The molecule has 0 saturated carbocycles. The summed E-state index contributed by atoms with van der Waals surface area (Å²) >= 11 is 0. The molecule has 1 aromatic carbocycles. The molecule has 1 atom stereocenters. The normalized spacial score (nSPS) is 21.7. The number of carbonyl (C=O) groups is 2. The molecule has 3 rings (SSSR count). The maximum atomic E-state index is 14.5. The number of carboxylic acid groups (broad SMARTS) is 1. The Balaban J connectivity index is 1.89. The number of rotatable bonds is 4. The highest BCUT2D eigenvalue weighted by Gasteiger charge is 2.38. The van der Waals surface area contributed by atoms with Gasteiger partial charge < -0.3 is 10.0 Å². The van der Waals surface area contributed by atoms with Crippen molar-refractivity contribution in [2.24, 2.45) is 0 Å². The minimum absolute atomic E-state index is 0.0787. The van der Waals surface area contributed by atoms with Crippen LogP contribution >= 0.6 is 0 Å². The van der Waals surface area contributed by atoms with Crippen molar-refractivity contribution in [3.8, 4) is 0 Å². The zero-order valence-electron chi connectivity index (χ0n) is 14.2. The number of hydrogen-bond acceptors (Lipinski definition) is 4. The molecule has 7 nitrogen and oxygen atoms in total. The number of amides is 1.